The van der Waals surface area contributed by atoms with Gasteiger partial charge < -0.3 is 9.80 Å². The number of halogens is 2. The molecule has 1 atom stereocenters. The van der Waals surface area contributed by atoms with E-state index in [0.29, 0.717) is 5.92 Å². The van der Waals surface area contributed by atoms with Crippen molar-refractivity contribution in [3.8, 4) is 0 Å². The Morgan fingerprint density at radius 2 is 1.71 bits per heavy atom. The average molecular weight is 465 g/mol. The average Bonchev–Trinajstić information content (AvgIpc) is 3.07. The smallest absolute Gasteiger partial charge is 0.223 e. The van der Waals surface area contributed by atoms with Crippen LogP contribution in [0.25, 0.3) is 0 Å². The first-order valence-electron chi connectivity index (χ1n) is 9.72. The van der Waals surface area contributed by atoms with Gasteiger partial charge in [-0.2, -0.15) is 0 Å². The second-order valence-corrected chi connectivity index (χ2v) is 8.39. The number of amides is 1. The molecule has 0 spiro atoms. The van der Waals surface area contributed by atoms with E-state index in [1.165, 1.54) is 11.3 Å². The maximum absolute atomic E-state index is 12.0. The molecule has 1 fully saturated rings. The molecule has 0 saturated carbocycles. The molecule has 0 radical (unpaired) electrons. The molecule has 0 aliphatic carbocycles. The van der Waals surface area contributed by atoms with Crippen LogP contribution in [-0.4, -0.2) is 50.1 Å². The molecule has 1 unspecified atom stereocenters. The van der Waals surface area contributed by atoms with E-state index in [4.69, 9.17) is 0 Å². The predicted octanol–water partition coefficient (Wildman–Crippen LogP) is 4.53. The third-order valence-corrected chi connectivity index (χ3v) is 6.34. The number of rotatable bonds is 4. The molecule has 0 bridgehead atoms. The van der Waals surface area contributed by atoms with E-state index in [0.717, 1.165) is 55.8 Å². The van der Waals surface area contributed by atoms with E-state index < -0.39 is 0 Å². The number of anilines is 2. The molecular weight excluding hydrogens is 438 g/mol. The van der Waals surface area contributed by atoms with Crippen molar-refractivity contribution in [3.63, 3.8) is 0 Å². The van der Waals surface area contributed by atoms with E-state index >= 15 is 0 Å². The molecule has 28 heavy (non-hydrogen) atoms. The van der Waals surface area contributed by atoms with Gasteiger partial charge in [0.1, 0.15) is 0 Å². The van der Waals surface area contributed by atoms with Crippen LogP contribution >= 0.6 is 28.3 Å². The SMILES string of the molecule is CC(=O)N1CC(CCN2CCN(c3ccc(Br)cc3)CC2)c2ccccc21.Cl. The number of piperazine rings is 1. The minimum Gasteiger partial charge on any atom is -0.369 e. The quantitative estimate of drug-likeness (QED) is 0.665. The van der Waals surface area contributed by atoms with Crippen LogP contribution in [0.4, 0.5) is 11.4 Å². The Kier molecular flexibility index (Phi) is 7.02. The minimum atomic E-state index is 0. The molecular formula is C22H27BrClN3O. The highest BCUT2D eigenvalue weighted by molar-refractivity contribution is 9.10. The molecule has 4 rings (SSSR count). The summed E-state index contributed by atoms with van der Waals surface area (Å²) in [5.41, 5.74) is 3.75. The Labute approximate surface area is 182 Å². The van der Waals surface area contributed by atoms with Crippen LogP contribution in [0.3, 0.4) is 0 Å². The van der Waals surface area contributed by atoms with Gasteiger partial charge in [0.25, 0.3) is 0 Å². The van der Waals surface area contributed by atoms with Crippen LogP contribution in [0.2, 0.25) is 0 Å². The molecule has 4 nitrogen and oxygen atoms in total. The van der Waals surface area contributed by atoms with Gasteiger partial charge in [0.2, 0.25) is 5.91 Å². The van der Waals surface area contributed by atoms with Crippen molar-refractivity contribution in [3.05, 3.63) is 58.6 Å². The number of fused-ring (bicyclic) bond motifs is 1. The van der Waals surface area contributed by atoms with Crippen molar-refractivity contribution < 1.29 is 4.79 Å². The summed E-state index contributed by atoms with van der Waals surface area (Å²) >= 11 is 3.51. The fourth-order valence-corrected chi connectivity index (χ4v) is 4.52. The van der Waals surface area contributed by atoms with Gasteiger partial charge >= 0.3 is 0 Å². The molecule has 1 amide bonds. The van der Waals surface area contributed by atoms with Gasteiger partial charge in [0.15, 0.2) is 0 Å². The van der Waals surface area contributed by atoms with E-state index in [1.807, 2.05) is 11.0 Å². The van der Waals surface area contributed by atoms with E-state index in [1.54, 1.807) is 6.92 Å². The number of hydrogen-bond donors (Lipinski definition) is 0. The Hall–Kier alpha value is -1.56. The maximum Gasteiger partial charge on any atom is 0.223 e. The summed E-state index contributed by atoms with van der Waals surface area (Å²) in [5, 5.41) is 0. The lowest BCUT2D eigenvalue weighted by Gasteiger charge is -2.36. The molecule has 150 valence electrons. The zero-order valence-electron chi connectivity index (χ0n) is 16.2. The number of carbonyl (C=O) groups excluding carboxylic acids is 1. The van der Waals surface area contributed by atoms with E-state index in [9.17, 15) is 4.79 Å². The van der Waals surface area contributed by atoms with Gasteiger partial charge in [0.05, 0.1) is 0 Å². The highest BCUT2D eigenvalue weighted by atomic mass is 79.9. The fraction of sp³-hybridized carbons (Fsp3) is 0.409. The molecule has 0 N–H and O–H groups in total. The van der Waals surface area contributed by atoms with Crippen LogP contribution in [0, 0.1) is 0 Å². The van der Waals surface area contributed by atoms with Crippen molar-refractivity contribution in [2.45, 2.75) is 19.3 Å². The summed E-state index contributed by atoms with van der Waals surface area (Å²) in [7, 11) is 0. The van der Waals surface area contributed by atoms with Gasteiger partial charge in [0, 0.05) is 61.4 Å². The second-order valence-electron chi connectivity index (χ2n) is 7.48. The highest BCUT2D eigenvalue weighted by Gasteiger charge is 2.30. The van der Waals surface area contributed by atoms with E-state index in [2.05, 4.69) is 68.2 Å². The Bertz CT molecular complexity index is 806. The minimum absolute atomic E-state index is 0. The lowest BCUT2D eigenvalue weighted by atomic mass is 9.97. The molecule has 6 heteroatoms. The number of benzene rings is 2. The number of hydrogen-bond acceptors (Lipinski definition) is 3. The van der Waals surface area contributed by atoms with Crippen LogP contribution in [0.1, 0.15) is 24.8 Å². The normalized spacial score (nSPS) is 19.3. The summed E-state index contributed by atoms with van der Waals surface area (Å²) in [6.45, 7) is 7.93. The first-order valence-corrected chi connectivity index (χ1v) is 10.5. The maximum atomic E-state index is 12.0. The zero-order chi connectivity index (χ0) is 18.8. The molecule has 2 aliphatic heterocycles. The fourth-order valence-electron chi connectivity index (χ4n) is 4.26. The third-order valence-electron chi connectivity index (χ3n) is 5.81. The third kappa shape index (κ3) is 4.53. The van der Waals surface area contributed by atoms with Crippen molar-refractivity contribution in [1.82, 2.24) is 4.90 Å². The lowest BCUT2D eigenvalue weighted by molar-refractivity contribution is -0.116. The van der Waals surface area contributed by atoms with Crippen molar-refractivity contribution in [1.29, 1.82) is 0 Å². The molecule has 2 aliphatic rings. The topological polar surface area (TPSA) is 26.8 Å². The van der Waals surface area contributed by atoms with Gasteiger partial charge in [-0.15, -0.1) is 12.4 Å². The Morgan fingerprint density at radius 1 is 1.04 bits per heavy atom. The summed E-state index contributed by atoms with van der Waals surface area (Å²) in [6.07, 6.45) is 1.11. The van der Waals surface area contributed by atoms with Gasteiger partial charge in [-0.3, -0.25) is 9.69 Å². The summed E-state index contributed by atoms with van der Waals surface area (Å²) in [4.78, 5) is 18.9. The van der Waals surface area contributed by atoms with Crippen molar-refractivity contribution in [2.24, 2.45) is 0 Å². The zero-order valence-corrected chi connectivity index (χ0v) is 18.6. The van der Waals surface area contributed by atoms with Crippen LogP contribution in [0.15, 0.2) is 53.0 Å². The highest BCUT2D eigenvalue weighted by Crippen LogP contribution is 2.38. The van der Waals surface area contributed by atoms with Crippen LogP contribution < -0.4 is 9.80 Å². The lowest BCUT2D eigenvalue weighted by Crippen LogP contribution is -2.46. The van der Waals surface area contributed by atoms with Crippen molar-refractivity contribution >= 4 is 45.6 Å². The molecule has 2 heterocycles. The first kappa shape index (κ1) is 21.2. The monoisotopic (exact) mass is 463 g/mol. The predicted molar refractivity (Wildman–Crippen MR) is 122 cm³/mol. The van der Waals surface area contributed by atoms with E-state index in [-0.39, 0.29) is 18.3 Å². The van der Waals surface area contributed by atoms with Crippen molar-refractivity contribution in [2.75, 3.05) is 49.1 Å². The summed E-state index contributed by atoms with van der Waals surface area (Å²) < 4.78 is 1.13. The van der Waals surface area contributed by atoms with Crippen LogP contribution in [-0.2, 0) is 4.79 Å². The van der Waals surface area contributed by atoms with Gasteiger partial charge in [-0.05, 0) is 48.9 Å². The number of nitrogens with zero attached hydrogens (tertiary/aromatic N) is 3. The number of carbonyl (C=O) groups is 1. The van der Waals surface area contributed by atoms with Gasteiger partial charge in [-0.1, -0.05) is 34.1 Å². The summed E-state index contributed by atoms with van der Waals surface area (Å²) in [5.74, 6) is 0.600. The molecule has 0 aromatic heterocycles. The molecule has 1 saturated heterocycles. The Balaban J connectivity index is 0.00000225. The summed E-state index contributed by atoms with van der Waals surface area (Å²) in [6, 6.07) is 17.0. The van der Waals surface area contributed by atoms with Gasteiger partial charge in [-0.25, -0.2) is 0 Å². The standard InChI is InChI=1S/C22H26BrN3O.ClH/c1-17(27)26-16-18(21-4-2-3-5-22(21)26)10-11-24-12-14-25(15-13-24)20-8-6-19(23)7-9-20;/h2-9,18H,10-16H2,1H3;1H. The Morgan fingerprint density at radius 3 is 2.39 bits per heavy atom. The first-order chi connectivity index (χ1) is 13.1. The second kappa shape index (κ2) is 9.29. The van der Waals surface area contributed by atoms with Crippen LogP contribution in [0.5, 0.6) is 0 Å². The molecule has 2 aromatic rings. The number of para-hydroxylation sites is 1. The largest absolute Gasteiger partial charge is 0.369 e. The molecule has 2 aromatic carbocycles.